The number of carbonyl (C=O) groups is 3. The molecule has 8 nitrogen and oxygen atoms in total. The van der Waals surface area contributed by atoms with Gasteiger partial charge in [0.15, 0.2) is 0 Å². The van der Waals surface area contributed by atoms with Gasteiger partial charge in [0.05, 0.1) is 13.2 Å². The Morgan fingerprint density at radius 2 is 1.62 bits per heavy atom. The molecule has 0 aromatic heterocycles. The Morgan fingerprint density at radius 1 is 1.00 bits per heavy atom. The van der Waals surface area contributed by atoms with Crippen LogP contribution in [0.3, 0.4) is 0 Å². The Labute approximate surface area is 142 Å². The summed E-state index contributed by atoms with van der Waals surface area (Å²) in [6.45, 7) is 3.93. The van der Waals surface area contributed by atoms with E-state index in [1.54, 1.807) is 16.7 Å². The predicted octanol–water partition coefficient (Wildman–Crippen LogP) is 0.919. The molecule has 2 fully saturated rings. The number of urea groups is 1. The fourth-order valence-corrected chi connectivity index (χ4v) is 3.10. The second kappa shape index (κ2) is 9.34. The van der Waals surface area contributed by atoms with Crippen molar-refractivity contribution in [2.45, 2.75) is 45.1 Å². The van der Waals surface area contributed by atoms with Crippen LogP contribution in [0.4, 0.5) is 9.59 Å². The van der Waals surface area contributed by atoms with Gasteiger partial charge in [-0.3, -0.25) is 4.79 Å². The zero-order valence-electron chi connectivity index (χ0n) is 14.4. The lowest BCUT2D eigenvalue weighted by Gasteiger charge is -2.34. The van der Waals surface area contributed by atoms with E-state index in [0.717, 1.165) is 25.7 Å². The lowest BCUT2D eigenvalue weighted by atomic mass is 9.96. The summed E-state index contributed by atoms with van der Waals surface area (Å²) in [5.74, 6) is -0.127. The van der Waals surface area contributed by atoms with E-state index in [2.05, 4.69) is 10.6 Å². The lowest BCUT2D eigenvalue weighted by molar-refractivity contribution is -0.131. The quantitative estimate of drug-likeness (QED) is 0.796. The number of carbonyl (C=O) groups excluding carboxylic acids is 3. The van der Waals surface area contributed by atoms with Crippen molar-refractivity contribution in [3.05, 3.63) is 0 Å². The average molecular weight is 340 g/mol. The van der Waals surface area contributed by atoms with Gasteiger partial charge in [0, 0.05) is 32.2 Å². The van der Waals surface area contributed by atoms with Gasteiger partial charge in [-0.05, 0) is 19.8 Å². The fraction of sp³-hybridized carbons (Fsp3) is 0.812. The minimum atomic E-state index is -0.338. The van der Waals surface area contributed by atoms with Crippen LogP contribution in [0, 0.1) is 0 Å². The molecule has 136 valence electrons. The van der Waals surface area contributed by atoms with E-state index < -0.39 is 0 Å². The molecule has 0 unspecified atom stereocenters. The van der Waals surface area contributed by atoms with Gasteiger partial charge in [-0.1, -0.05) is 19.3 Å². The Kier molecular flexibility index (Phi) is 7.14. The van der Waals surface area contributed by atoms with E-state index in [1.165, 1.54) is 6.42 Å². The molecule has 2 N–H and O–H groups in total. The molecule has 1 aliphatic heterocycles. The average Bonchev–Trinajstić information content (AvgIpc) is 2.61. The maximum absolute atomic E-state index is 12.1. The van der Waals surface area contributed by atoms with Crippen molar-refractivity contribution in [2.75, 3.05) is 39.3 Å². The van der Waals surface area contributed by atoms with Crippen molar-refractivity contribution in [3.8, 4) is 0 Å². The molecule has 0 bridgehead atoms. The molecule has 0 aromatic rings. The number of piperazine rings is 1. The van der Waals surface area contributed by atoms with Crippen LogP contribution < -0.4 is 10.6 Å². The van der Waals surface area contributed by atoms with Gasteiger partial charge < -0.3 is 25.2 Å². The summed E-state index contributed by atoms with van der Waals surface area (Å²) < 4.78 is 4.95. The van der Waals surface area contributed by atoms with E-state index in [0.29, 0.717) is 32.8 Å². The molecule has 4 amide bonds. The summed E-state index contributed by atoms with van der Waals surface area (Å²) in [7, 11) is 0. The number of amides is 4. The first-order valence-electron chi connectivity index (χ1n) is 8.84. The number of hydrogen-bond acceptors (Lipinski definition) is 4. The highest BCUT2D eigenvalue weighted by Gasteiger charge is 2.25. The molecule has 1 saturated heterocycles. The molecular formula is C16H28N4O4. The Morgan fingerprint density at radius 3 is 2.25 bits per heavy atom. The van der Waals surface area contributed by atoms with Crippen LogP contribution in [-0.4, -0.2) is 73.2 Å². The molecule has 8 heteroatoms. The molecule has 1 aliphatic carbocycles. The summed E-state index contributed by atoms with van der Waals surface area (Å²) in [5.41, 5.74) is 0. The number of nitrogens with one attached hydrogen (secondary N) is 2. The van der Waals surface area contributed by atoms with Gasteiger partial charge in [0.25, 0.3) is 0 Å². The third-order valence-corrected chi connectivity index (χ3v) is 4.50. The van der Waals surface area contributed by atoms with Crippen molar-refractivity contribution in [1.82, 2.24) is 20.4 Å². The largest absolute Gasteiger partial charge is 0.450 e. The third kappa shape index (κ3) is 5.58. The van der Waals surface area contributed by atoms with Crippen molar-refractivity contribution in [1.29, 1.82) is 0 Å². The predicted molar refractivity (Wildman–Crippen MR) is 88.6 cm³/mol. The summed E-state index contributed by atoms with van der Waals surface area (Å²) in [5, 5.41) is 5.56. The SMILES string of the molecule is CCOC(=O)N1CCN(C(=O)CNC(=O)NC2CCCCC2)CC1. The van der Waals surface area contributed by atoms with Gasteiger partial charge in [-0.2, -0.15) is 0 Å². The smallest absolute Gasteiger partial charge is 0.409 e. The van der Waals surface area contributed by atoms with E-state index in [-0.39, 0.29) is 30.6 Å². The third-order valence-electron chi connectivity index (χ3n) is 4.50. The van der Waals surface area contributed by atoms with Crippen LogP contribution in [0.15, 0.2) is 0 Å². The van der Waals surface area contributed by atoms with Crippen molar-refractivity contribution in [2.24, 2.45) is 0 Å². The topological polar surface area (TPSA) is 91.0 Å². The summed E-state index contributed by atoms with van der Waals surface area (Å²) in [4.78, 5) is 38.9. The highest BCUT2D eigenvalue weighted by atomic mass is 16.6. The first-order valence-corrected chi connectivity index (χ1v) is 8.84. The zero-order chi connectivity index (χ0) is 17.4. The van der Waals surface area contributed by atoms with Crippen LogP contribution >= 0.6 is 0 Å². The van der Waals surface area contributed by atoms with Crippen LogP contribution in [0.25, 0.3) is 0 Å². The molecular weight excluding hydrogens is 312 g/mol. The molecule has 0 spiro atoms. The second-order valence-corrected chi connectivity index (χ2v) is 6.23. The van der Waals surface area contributed by atoms with E-state index in [1.807, 2.05) is 0 Å². The molecule has 0 atom stereocenters. The summed E-state index contributed by atoms with van der Waals surface area (Å²) in [6, 6.07) is -0.0533. The Hall–Kier alpha value is -1.99. The van der Waals surface area contributed by atoms with Crippen LogP contribution in [0.2, 0.25) is 0 Å². The Bertz CT molecular complexity index is 443. The standard InChI is InChI=1S/C16H28N4O4/c1-2-24-16(23)20-10-8-19(9-11-20)14(21)12-17-15(22)18-13-6-4-3-5-7-13/h13H,2-12H2,1H3,(H2,17,18,22). The van der Waals surface area contributed by atoms with Crippen LogP contribution in [0.1, 0.15) is 39.0 Å². The molecule has 24 heavy (non-hydrogen) atoms. The summed E-state index contributed by atoms with van der Waals surface area (Å²) >= 11 is 0. The maximum atomic E-state index is 12.1. The maximum Gasteiger partial charge on any atom is 0.409 e. The molecule has 0 aromatic carbocycles. The van der Waals surface area contributed by atoms with E-state index in [4.69, 9.17) is 4.74 Å². The Balaban J connectivity index is 1.64. The minimum Gasteiger partial charge on any atom is -0.450 e. The monoisotopic (exact) mass is 340 g/mol. The summed E-state index contributed by atoms with van der Waals surface area (Å²) in [6.07, 6.45) is 5.21. The fourth-order valence-electron chi connectivity index (χ4n) is 3.10. The molecule has 0 radical (unpaired) electrons. The van der Waals surface area contributed by atoms with Gasteiger partial charge in [-0.15, -0.1) is 0 Å². The minimum absolute atomic E-state index is 0.0159. The van der Waals surface area contributed by atoms with Crippen molar-refractivity contribution < 1.29 is 19.1 Å². The highest BCUT2D eigenvalue weighted by Crippen LogP contribution is 2.17. The highest BCUT2D eigenvalue weighted by molar-refractivity contribution is 5.84. The molecule has 2 rings (SSSR count). The first-order chi connectivity index (χ1) is 11.6. The number of hydrogen-bond donors (Lipinski definition) is 2. The number of ether oxygens (including phenoxy) is 1. The molecule has 2 aliphatic rings. The first kappa shape index (κ1) is 18.4. The zero-order valence-corrected chi connectivity index (χ0v) is 14.4. The van der Waals surface area contributed by atoms with Gasteiger partial charge in [-0.25, -0.2) is 9.59 Å². The number of rotatable bonds is 4. The number of nitrogens with zero attached hydrogens (tertiary/aromatic N) is 2. The second-order valence-electron chi connectivity index (χ2n) is 6.23. The molecule has 1 heterocycles. The van der Waals surface area contributed by atoms with Crippen LogP contribution in [0.5, 0.6) is 0 Å². The lowest BCUT2D eigenvalue weighted by Crippen LogP contribution is -2.53. The van der Waals surface area contributed by atoms with Crippen LogP contribution in [-0.2, 0) is 9.53 Å². The van der Waals surface area contributed by atoms with Gasteiger partial charge in [0.1, 0.15) is 0 Å². The van der Waals surface area contributed by atoms with Crippen molar-refractivity contribution >= 4 is 18.0 Å². The van der Waals surface area contributed by atoms with Crippen molar-refractivity contribution in [3.63, 3.8) is 0 Å². The van der Waals surface area contributed by atoms with E-state index in [9.17, 15) is 14.4 Å². The van der Waals surface area contributed by atoms with E-state index >= 15 is 0 Å². The van der Waals surface area contributed by atoms with Gasteiger partial charge >= 0.3 is 12.1 Å². The molecule has 1 saturated carbocycles. The van der Waals surface area contributed by atoms with Gasteiger partial charge in [0.2, 0.25) is 5.91 Å². The normalized spacial score (nSPS) is 18.9.